The average molecular weight is 355 g/mol. The molecule has 1 aromatic heterocycles. The Morgan fingerprint density at radius 1 is 0.889 bits per heavy atom. The Bertz CT molecular complexity index is 1090. The molecule has 0 bridgehead atoms. The number of nitrogens with zero attached hydrogens (tertiary/aromatic N) is 1. The smallest absolute Gasteiger partial charge is 0.366 e. The second-order valence-corrected chi connectivity index (χ2v) is 6.15. The molecule has 0 fully saturated rings. The fraction of sp³-hybridized carbons (Fsp3) is 0.0435. The molecule has 0 atom stereocenters. The highest BCUT2D eigenvalue weighted by Crippen LogP contribution is 2.22. The number of carbonyl (C=O) groups excluding carboxylic acids is 1. The van der Waals surface area contributed by atoms with Gasteiger partial charge in [-0.25, -0.2) is 4.79 Å². The standard InChI is InChI=1S/C23H17NO3/c1-16-9-5-7-13-19(16)23(25)27-24-22(17-10-3-2-4-11-17)21-15-18-12-6-8-14-20(18)26-21/h2-15H,1H3/b24-22+. The Hall–Kier alpha value is -3.66. The van der Waals surface area contributed by atoms with Crippen LogP contribution in [0.2, 0.25) is 0 Å². The summed E-state index contributed by atoms with van der Waals surface area (Å²) in [5, 5.41) is 5.11. The molecule has 0 N–H and O–H groups in total. The molecule has 0 aliphatic heterocycles. The molecule has 27 heavy (non-hydrogen) atoms. The molecule has 4 rings (SSSR count). The van der Waals surface area contributed by atoms with E-state index in [1.165, 1.54) is 0 Å². The molecular weight excluding hydrogens is 338 g/mol. The number of oxime groups is 1. The predicted octanol–water partition coefficient (Wildman–Crippen LogP) is 5.35. The number of aryl methyl sites for hydroxylation is 1. The van der Waals surface area contributed by atoms with Crippen LogP contribution in [-0.4, -0.2) is 11.7 Å². The first kappa shape index (κ1) is 16.8. The van der Waals surface area contributed by atoms with Crippen LogP contribution in [-0.2, 0) is 4.84 Å². The molecule has 0 saturated heterocycles. The van der Waals surface area contributed by atoms with E-state index in [0.29, 0.717) is 17.0 Å². The van der Waals surface area contributed by atoms with Crippen molar-refractivity contribution in [3.05, 3.63) is 107 Å². The van der Waals surface area contributed by atoms with Crippen molar-refractivity contribution < 1.29 is 14.0 Å². The molecule has 0 spiro atoms. The maximum atomic E-state index is 12.4. The first-order valence-corrected chi connectivity index (χ1v) is 8.62. The van der Waals surface area contributed by atoms with E-state index in [-0.39, 0.29) is 0 Å². The fourth-order valence-electron chi connectivity index (χ4n) is 2.87. The summed E-state index contributed by atoms with van der Waals surface area (Å²) in [6, 6.07) is 26.4. The third kappa shape index (κ3) is 3.51. The summed E-state index contributed by atoms with van der Waals surface area (Å²) in [6.45, 7) is 1.86. The molecular formula is C23H17NO3. The Morgan fingerprint density at radius 2 is 1.59 bits per heavy atom. The van der Waals surface area contributed by atoms with Crippen molar-refractivity contribution in [3.8, 4) is 0 Å². The number of rotatable bonds is 4. The van der Waals surface area contributed by atoms with Crippen molar-refractivity contribution in [2.75, 3.05) is 0 Å². The van der Waals surface area contributed by atoms with Gasteiger partial charge in [-0.1, -0.05) is 71.9 Å². The van der Waals surface area contributed by atoms with Crippen LogP contribution in [0.25, 0.3) is 11.0 Å². The van der Waals surface area contributed by atoms with Gasteiger partial charge in [0, 0.05) is 10.9 Å². The first-order valence-electron chi connectivity index (χ1n) is 8.62. The van der Waals surface area contributed by atoms with Gasteiger partial charge in [0.1, 0.15) is 5.58 Å². The number of para-hydroxylation sites is 1. The van der Waals surface area contributed by atoms with Gasteiger partial charge in [-0.3, -0.25) is 0 Å². The van der Waals surface area contributed by atoms with Gasteiger partial charge in [0.05, 0.1) is 5.56 Å². The normalized spacial score (nSPS) is 11.5. The summed E-state index contributed by atoms with van der Waals surface area (Å²) in [6.07, 6.45) is 0. The summed E-state index contributed by atoms with van der Waals surface area (Å²) in [7, 11) is 0. The van der Waals surface area contributed by atoms with Gasteiger partial charge in [0.25, 0.3) is 0 Å². The molecule has 3 aromatic carbocycles. The highest BCUT2D eigenvalue weighted by Gasteiger charge is 2.16. The topological polar surface area (TPSA) is 51.8 Å². The minimum absolute atomic E-state index is 0.466. The van der Waals surface area contributed by atoms with Crippen LogP contribution >= 0.6 is 0 Å². The number of benzene rings is 3. The summed E-state index contributed by atoms with van der Waals surface area (Å²) >= 11 is 0. The molecule has 0 radical (unpaired) electrons. The van der Waals surface area contributed by atoms with Crippen LogP contribution in [0.5, 0.6) is 0 Å². The summed E-state index contributed by atoms with van der Waals surface area (Å²) in [5.74, 6) is 0.0395. The first-order chi connectivity index (χ1) is 13.2. The minimum Gasteiger partial charge on any atom is -0.454 e. The molecule has 1 heterocycles. The number of carbonyl (C=O) groups is 1. The van der Waals surface area contributed by atoms with E-state index >= 15 is 0 Å². The lowest BCUT2D eigenvalue weighted by atomic mass is 10.1. The zero-order valence-corrected chi connectivity index (χ0v) is 14.8. The van der Waals surface area contributed by atoms with Crippen molar-refractivity contribution in [1.82, 2.24) is 0 Å². The van der Waals surface area contributed by atoms with Gasteiger partial charge in [-0.05, 0) is 30.7 Å². The number of fused-ring (bicyclic) bond motifs is 1. The van der Waals surface area contributed by atoms with Crippen molar-refractivity contribution in [3.63, 3.8) is 0 Å². The molecule has 0 unspecified atom stereocenters. The van der Waals surface area contributed by atoms with E-state index in [1.54, 1.807) is 12.1 Å². The van der Waals surface area contributed by atoms with Crippen LogP contribution in [0.15, 0.2) is 94.5 Å². The zero-order chi connectivity index (χ0) is 18.6. The third-order valence-corrected chi connectivity index (χ3v) is 4.29. The van der Waals surface area contributed by atoms with E-state index in [4.69, 9.17) is 9.25 Å². The monoisotopic (exact) mass is 355 g/mol. The van der Waals surface area contributed by atoms with Crippen molar-refractivity contribution in [1.29, 1.82) is 0 Å². The predicted molar refractivity (Wildman–Crippen MR) is 105 cm³/mol. The second-order valence-electron chi connectivity index (χ2n) is 6.15. The second kappa shape index (κ2) is 7.30. The summed E-state index contributed by atoms with van der Waals surface area (Å²) < 4.78 is 5.92. The number of hydrogen-bond donors (Lipinski definition) is 0. The van der Waals surface area contributed by atoms with Crippen LogP contribution in [0.3, 0.4) is 0 Å². The minimum atomic E-state index is -0.502. The lowest BCUT2D eigenvalue weighted by Gasteiger charge is -2.05. The molecule has 4 aromatic rings. The van der Waals surface area contributed by atoms with Crippen LogP contribution in [0.1, 0.15) is 27.2 Å². The van der Waals surface area contributed by atoms with E-state index in [1.807, 2.05) is 79.7 Å². The van der Waals surface area contributed by atoms with Gasteiger partial charge in [0.15, 0.2) is 11.5 Å². The molecule has 0 saturated carbocycles. The third-order valence-electron chi connectivity index (χ3n) is 4.29. The lowest BCUT2D eigenvalue weighted by molar-refractivity contribution is 0.0516. The Labute approximate surface area is 156 Å². The Kier molecular flexibility index (Phi) is 4.54. The van der Waals surface area contributed by atoms with E-state index in [2.05, 4.69) is 5.16 Å². The summed E-state index contributed by atoms with van der Waals surface area (Å²) in [4.78, 5) is 17.7. The van der Waals surface area contributed by atoms with E-state index in [9.17, 15) is 4.79 Å². The largest absolute Gasteiger partial charge is 0.454 e. The molecule has 0 amide bonds. The van der Waals surface area contributed by atoms with Gasteiger partial charge < -0.3 is 9.25 Å². The fourth-order valence-corrected chi connectivity index (χ4v) is 2.87. The summed E-state index contributed by atoms with van der Waals surface area (Å²) in [5.41, 5.74) is 3.34. The molecule has 132 valence electrons. The van der Waals surface area contributed by atoms with Crippen LogP contribution in [0, 0.1) is 6.92 Å². The maximum Gasteiger partial charge on any atom is 0.366 e. The van der Waals surface area contributed by atoms with Crippen LogP contribution < -0.4 is 0 Å². The Morgan fingerprint density at radius 3 is 2.37 bits per heavy atom. The van der Waals surface area contributed by atoms with Gasteiger partial charge in [0.2, 0.25) is 0 Å². The Balaban J connectivity index is 1.73. The van der Waals surface area contributed by atoms with Crippen molar-refractivity contribution in [2.45, 2.75) is 6.92 Å². The molecule has 4 nitrogen and oxygen atoms in total. The number of hydrogen-bond acceptors (Lipinski definition) is 4. The highest BCUT2D eigenvalue weighted by atomic mass is 16.7. The van der Waals surface area contributed by atoms with E-state index in [0.717, 1.165) is 22.1 Å². The molecule has 0 aliphatic carbocycles. The molecule has 0 aliphatic rings. The average Bonchev–Trinajstić information content (AvgIpc) is 3.13. The maximum absolute atomic E-state index is 12.4. The number of furan rings is 1. The van der Waals surface area contributed by atoms with Gasteiger partial charge >= 0.3 is 5.97 Å². The van der Waals surface area contributed by atoms with Crippen molar-refractivity contribution >= 4 is 22.7 Å². The highest BCUT2D eigenvalue weighted by molar-refractivity contribution is 6.12. The van der Waals surface area contributed by atoms with Gasteiger partial charge in [-0.15, -0.1) is 0 Å². The van der Waals surface area contributed by atoms with Crippen LogP contribution in [0.4, 0.5) is 0 Å². The van der Waals surface area contributed by atoms with Crippen molar-refractivity contribution in [2.24, 2.45) is 5.16 Å². The van der Waals surface area contributed by atoms with E-state index < -0.39 is 5.97 Å². The SMILES string of the molecule is Cc1ccccc1C(=O)O/N=C(\c1ccccc1)c1cc2ccccc2o1. The quantitative estimate of drug-likeness (QED) is 0.282. The lowest BCUT2D eigenvalue weighted by Crippen LogP contribution is -2.08. The zero-order valence-electron chi connectivity index (χ0n) is 14.8. The molecule has 4 heteroatoms. The van der Waals surface area contributed by atoms with Gasteiger partial charge in [-0.2, -0.15) is 0 Å².